The van der Waals surface area contributed by atoms with Crippen LogP contribution in [0.25, 0.3) is 11.3 Å². The molecule has 16 heavy (non-hydrogen) atoms. The highest BCUT2D eigenvalue weighted by atomic mass is 35.5. The second-order valence-corrected chi connectivity index (χ2v) is 4.37. The van der Waals surface area contributed by atoms with Crippen molar-refractivity contribution in [1.82, 2.24) is 5.16 Å². The van der Waals surface area contributed by atoms with Gasteiger partial charge in [-0.3, -0.25) is 0 Å². The van der Waals surface area contributed by atoms with Gasteiger partial charge in [-0.2, -0.15) is 0 Å². The van der Waals surface area contributed by atoms with Gasteiger partial charge in [-0.05, 0) is 11.5 Å². The molecule has 0 aliphatic rings. The lowest BCUT2D eigenvalue weighted by molar-refractivity contribution is 0.436. The lowest BCUT2D eigenvalue weighted by Crippen LogP contribution is -1.86. The number of rotatable bonds is 2. The number of nitrogen functional groups attached to an aromatic ring is 1. The van der Waals surface area contributed by atoms with E-state index in [4.69, 9.17) is 21.9 Å². The molecule has 4 heteroatoms. The molecule has 0 atom stereocenters. The van der Waals surface area contributed by atoms with E-state index in [1.54, 1.807) is 0 Å². The van der Waals surface area contributed by atoms with Gasteiger partial charge in [0.25, 0.3) is 0 Å². The number of benzene rings is 1. The Bertz CT molecular complexity index is 488. The molecular weight excluding hydrogens is 224 g/mol. The van der Waals surface area contributed by atoms with E-state index in [1.807, 2.05) is 12.1 Å². The molecule has 0 unspecified atom stereocenters. The van der Waals surface area contributed by atoms with Gasteiger partial charge in [-0.25, -0.2) is 0 Å². The highest BCUT2D eigenvalue weighted by Gasteiger charge is 2.13. The molecule has 84 valence electrons. The normalized spacial score (nSPS) is 11.0. The number of hydrogen-bond acceptors (Lipinski definition) is 3. The minimum atomic E-state index is 0.226. The van der Waals surface area contributed by atoms with Gasteiger partial charge in [0.05, 0.1) is 0 Å². The zero-order valence-electron chi connectivity index (χ0n) is 9.20. The van der Waals surface area contributed by atoms with Gasteiger partial charge in [0.1, 0.15) is 5.02 Å². The van der Waals surface area contributed by atoms with Crippen molar-refractivity contribution in [3.05, 3.63) is 34.9 Å². The molecule has 2 rings (SSSR count). The fourth-order valence-electron chi connectivity index (χ4n) is 1.49. The Balaban J connectivity index is 2.38. The molecule has 0 saturated carbocycles. The number of nitrogens with two attached hydrogens (primary N) is 1. The summed E-state index contributed by atoms with van der Waals surface area (Å²) in [5, 5.41) is 3.99. The van der Waals surface area contributed by atoms with Crippen LogP contribution in [0.3, 0.4) is 0 Å². The first-order valence-electron chi connectivity index (χ1n) is 5.10. The number of hydrogen-bond donors (Lipinski definition) is 1. The van der Waals surface area contributed by atoms with Gasteiger partial charge in [0.2, 0.25) is 0 Å². The number of anilines is 1. The summed E-state index contributed by atoms with van der Waals surface area (Å²) in [5.74, 6) is 1.25. The Hall–Kier alpha value is -1.48. The maximum Gasteiger partial charge on any atom is 0.187 e. The second-order valence-electron chi connectivity index (χ2n) is 3.99. The van der Waals surface area contributed by atoms with Gasteiger partial charge < -0.3 is 10.3 Å². The molecule has 0 bridgehead atoms. The van der Waals surface area contributed by atoms with Crippen molar-refractivity contribution in [3.8, 4) is 11.3 Å². The monoisotopic (exact) mass is 236 g/mol. The van der Waals surface area contributed by atoms with Crippen molar-refractivity contribution in [1.29, 1.82) is 0 Å². The van der Waals surface area contributed by atoms with Crippen LogP contribution >= 0.6 is 11.6 Å². The first-order chi connectivity index (χ1) is 7.59. The molecule has 0 fully saturated rings. The van der Waals surface area contributed by atoms with Crippen molar-refractivity contribution < 1.29 is 4.52 Å². The summed E-state index contributed by atoms with van der Waals surface area (Å²) >= 11 is 5.96. The van der Waals surface area contributed by atoms with Gasteiger partial charge >= 0.3 is 0 Å². The predicted octanol–water partition coefficient (Wildman–Crippen LogP) is 3.70. The average molecular weight is 237 g/mol. The van der Waals surface area contributed by atoms with Crippen molar-refractivity contribution in [2.75, 3.05) is 5.73 Å². The average Bonchev–Trinajstić information content (AvgIpc) is 2.60. The van der Waals surface area contributed by atoms with E-state index < -0.39 is 0 Å². The molecule has 0 aliphatic carbocycles. The summed E-state index contributed by atoms with van der Waals surface area (Å²) in [6.07, 6.45) is 0. The van der Waals surface area contributed by atoms with Gasteiger partial charge in [0.15, 0.2) is 11.6 Å². The van der Waals surface area contributed by atoms with Gasteiger partial charge in [-0.15, -0.1) is 0 Å². The standard InChI is InChI=1S/C12H13ClN2O/c1-7(2)8-3-5-9(6-4-8)11-10(13)12(14)15-16-11/h3-7H,1-2H3,(H2,14,15). The van der Waals surface area contributed by atoms with Gasteiger partial charge in [0, 0.05) is 5.56 Å². The van der Waals surface area contributed by atoms with E-state index >= 15 is 0 Å². The third-order valence-electron chi connectivity index (χ3n) is 2.50. The molecule has 2 aromatic rings. The molecule has 0 saturated heterocycles. The molecule has 0 radical (unpaired) electrons. The van der Waals surface area contributed by atoms with E-state index in [0.29, 0.717) is 16.7 Å². The maximum atomic E-state index is 5.96. The fourth-order valence-corrected chi connectivity index (χ4v) is 1.67. The molecule has 3 nitrogen and oxygen atoms in total. The van der Waals surface area contributed by atoms with E-state index in [9.17, 15) is 0 Å². The highest BCUT2D eigenvalue weighted by Crippen LogP contribution is 2.32. The summed E-state index contributed by atoms with van der Waals surface area (Å²) in [4.78, 5) is 0. The molecule has 0 spiro atoms. The summed E-state index contributed by atoms with van der Waals surface area (Å²) in [6.45, 7) is 4.29. The Morgan fingerprint density at radius 2 is 1.88 bits per heavy atom. The van der Waals surface area contributed by atoms with Crippen LogP contribution in [-0.4, -0.2) is 5.16 Å². The summed E-state index contributed by atoms with van der Waals surface area (Å²) in [5.41, 5.74) is 7.68. The Labute approximate surface area is 99.2 Å². The topological polar surface area (TPSA) is 52.0 Å². The number of aromatic nitrogens is 1. The maximum absolute atomic E-state index is 5.96. The van der Waals surface area contributed by atoms with Crippen molar-refractivity contribution >= 4 is 17.4 Å². The van der Waals surface area contributed by atoms with Crippen LogP contribution in [0.4, 0.5) is 5.82 Å². The summed E-state index contributed by atoms with van der Waals surface area (Å²) < 4.78 is 5.07. The van der Waals surface area contributed by atoms with E-state index in [2.05, 4.69) is 31.1 Å². The molecular formula is C12H13ClN2O. The molecule has 2 N–H and O–H groups in total. The quantitative estimate of drug-likeness (QED) is 0.865. The summed E-state index contributed by atoms with van der Waals surface area (Å²) in [6, 6.07) is 8.02. The van der Waals surface area contributed by atoms with E-state index in [-0.39, 0.29) is 5.82 Å². The minimum absolute atomic E-state index is 0.226. The summed E-state index contributed by atoms with van der Waals surface area (Å²) in [7, 11) is 0. The Morgan fingerprint density at radius 1 is 1.25 bits per heavy atom. The largest absolute Gasteiger partial charge is 0.380 e. The molecule has 0 aliphatic heterocycles. The van der Waals surface area contributed by atoms with Crippen LogP contribution in [0.5, 0.6) is 0 Å². The van der Waals surface area contributed by atoms with Crippen molar-refractivity contribution in [2.45, 2.75) is 19.8 Å². The van der Waals surface area contributed by atoms with Crippen molar-refractivity contribution in [3.63, 3.8) is 0 Å². The van der Waals surface area contributed by atoms with E-state index in [1.165, 1.54) is 5.56 Å². The first kappa shape index (κ1) is 11.0. The fraction of sp³-hybridized carbons (Fsp3) is 0.250. The minimum Gasteiger partial charge on any atom is -0.380 e. The zero-order chi connectivity index (χ0) is 11.7. The van der Waals surface area contributed by atoms with Crippen LogP contribution in [-0.2, 0) is 0 Å². The molecule has 1 aromatic heterocycles. The van der Waals surface area contributed by atoms with Crippen LogP contribution < -0.4 is 5.73 Å². The molecule has 0 amide bonds. The third-order valence-corrected chi connectivity index (χ3v) is 2.86. The Kier molecular flexibility index (Phi) is 2.88. The third kappa shape index (κ3) is 1.91. The lowest BCUT2D eigenvalue weighted by Gasteiger charge is -2.05. The van der Waals surface area contributed by atoms with Crippen molar-refractivity contribution in [2.24, 2.45) is 0 Å². The highest BCUT2D eigenvalue weighted by molar-refractivity contribution is 6.35. The number of nitrogens with zero attached hydrogens (tertiary/aromatic N) is 1. The molecule has 1 heterocycles. The van der Waals surface area contributed by atoms with Crippen LogP contribution in [0.2, 0.25) is 5.02 Å². The van der Waals surface area contributed by atoms with Crippen LogP contribution in [0.1, 0.15) is 25.3 Å². The predicted molar refractivity (Wildman–Crippen MR) is 65.5 cm³/mol. The second kappa shape index (κ2) is 4.18. The Morgan fingerprint density at radius 3 is 2.31 bits per heavy atom. The van der Waals surface area contributed by atoms with Crippen LogP contribution in [0.15, 0.2) is 28.8 Å². The van der Waals surface area contributed by atoms with Crippen LogP contribution in [0, 0.1) is 0 Å². The van der Waals surface area contributed by atoms with Gasteiger partial charge in [-0.1, -0.05) is 54.9 Å². The number of halogens is 1. The molecule has 1 aromatic carbocycles. The SMILES string of the molecule is CC(C)c1ccc(-c2onc(N)c2Cl)cc1. The lowest BCUT2D eigenvalue weighted by atomic mass is 10.0. The smallest absolute Gasteiger partial charge is 0.187 e. The van der Waals surface area contributed by atoms with E-state index in [0.717, 1.165) is 5.56 Å². The first-order valence-corrected chi connectivity index (χ1v) is 5.48. The zero-order valence-corrected chi connectivity index (χ0v) is 9.95.